The van der Waals surface area contributed by atoms with Crippen LogP contribution in [-0.2, 0) is 11.3 Å². The number of hydrogen-bond acceptors (Lipinski definition) is 4. The molecule has 1 saturated heterocycles. The molecule has 3 heterocycles. The highest BCUT2D eigenvalue weighted by Gasteiger charge is 2.31. The monoisotopic (exact) mass is 503 g/mol. The smallest absolute Gasteiger partial charge is 0.308 e. The summed E-state index contributed by atoms with van der Waals surface area (Å²) in [5, 5.41) is 1.22. The first-order valence-electron chi connectivity index (χ1n) is 14.2. The maximum atomic E-state index is 14.9. The van der Waals surface area contributed by atoms with Crippen LogP contribution >= 0.6 is 0 Å². The molecule has 0 amide bonds. The third kappa shape index (κ3) is 4.88. The van der Waals surface area contributed by atoms with E-state index in [1.165, 1.54) is 82.3 Å². The standard InChI is InChI=1S/C31H38FN3O2/c1-22(36)37-25-11-12-26-29(21-25)35-19-18-34(17-16-33-14-6-3-7-15-33)28-13-10-24(32)20-27(28)31(35)30(26)23-8-4-2-5-9-23/h10-13,20-21,23H,2-9,14-19H2,1H3. The molecule has 0 atom stereocenters. The SMILES string of the molecule is CC(=O)Oc1ccc2c(C3CCCCC3)c3n(c2c1)CCN(CCN1CCCCC1)c1ccc(F)cc1-3. The number of esters is 1. The number of carbonyl (C=O) groups is 1. The molecule has 196 valence electrons. The lowest BCUT2D eigenvalue weighted by molar-refractivity contribution is -0.131. The van der Waals surface area contributed by atoms with E-state index in [9.17, 15) is 9.18 Å². The Hall–Kier alpha value is -2.86. The molecule has 6 heteroatoms. The largest absolute Gasteiger partial charge is 0.427 e. The number of halogens is 1. The van der Waals surface area contributed by atoms with Gasteiger partial charge in [-0.2, -0.15) is 0 Å². The molecular weight excluding hydrogens is 465 g/mol. The molecule has 0 unspecified atom stereocenters. The minimum absolute atomic E-state index is 0.191. The van der Waals surface area contributed by atoms with E-state index in [0.29, 0.717) is 11.7 Å². The van der Waals surface area contributed by atoms with E-state index in [2.05, 4.69) is 20.4 Å². The molecule has 0 bridgehead atoms. The highest BCUT2D eigenvalue weighted by Crippen LogP contribution is 2.48. The Labute approximate surface area is 219 Å². The molecule has 1 aliphatic carbocycles. The zero-order chi connectivity index (χ0) is 25.4. The Morgan fingerprint density at radius 2 is 1.70 bits per heavy atom. The summed E-state index contributed by atoms with van der Waals surface area (Å²) in [6.45, 7) is 7.47. The Bertz CT molecular complexity index is 1290. The van der Waals surface area contributed by atoms with Crippen LogP contribution in [0.5, 0.6) is 5.75 Å². The molecule has 2 aliphatic heterocycles. The number of benzene rings is 2. The molecule has 3 aromatic rings. The van der Waals surface area contributed by atoms with Crippen molar-refractivity contribution in [3.8, 4) is 17.0 Å². The Morgan fingerprint density at radius 3 is 2.49 bits per heavy atom. The van der Waals surface area contributed by atoms with E-state index in [1.54, 1.807) is 12.1 Å². The molecule has 0 spiro atoms. The molecule has 3 aliphatic rings. The molecule has 5 nitrogen and oxygen atoms in total. The molecule has 6 rings (SSSR count). The summed E-state index contributed by atoms with van der Waals surface area (Å²) in [5.41, 5.74) is 5.74. The van der Waals surface area contributed by atoms with Crippen molar-refractivity contribution in [1.82, 2.24) is 9.47 Å². The van der Waals surface area contributed by atoms with E-state index in [1.807, 2.05) is 18.2 Å². The van der Waals surface area contributed by atoms with Crippen LogP contribution < -0.4 is 9.64 Å². The van der Waals surface area contributed by atoms with Crippen LogP contribution in [0.4, 0.5) is 10.1 Å². The summed E-state index contributed by atoms with van der Waals surface area (Å²) in [4.78, 5) is 16.7. The third-order valence-electron chi connectivity index (χ3n) is 8.63. The molecule has 37 heavy (non-hydrogen) atoms. The summed E-state index contributed by atoms with van der Waals surface area (Å²) in [6.07, 6.45) is 10.0. The average Bonchev–Trinajstić information content (AvgIpc) is 3.14. The lowest BCUT2D eigenvalue weighted by atomic mass is 9.81. The van der Waals surface area contributed by atoms with Gasteiger partial charge >= 0.3 is 5.97 Å². The van der Waals surface area contributed by atoms with Crippen molar-refractivity contribution in [1.29, 1.82) is 0 Å². The van der Waals surface area contributed by atoms with Crippen LogP contribution in [0.2, 0.25) is 0 Å². The topological polar surface area (TPSA) is 37.7 Å². The van der Waals surface area contributed by atoms with Crippen molar-refractivity contribution in [2.24, 2.45) is 0 Å². The number of piperidine rings is 1. The second-order valence-electron chi connectivity index (χ2n) is 11.1. The number of ether oxygens (including phenoxy) is 1. The second kappa shape index (κ2) is 10.5. The fourth-order valence-corrected chi connectivity index (χ4v) is 6.90. The van der Waals surface area contributed by atoms with Crippen LogP contribution in [0.25, 0.3) is 22.2 Å². The zero-order valence-corrected chi connectivity index (χ0v) is 22.0. The van der Waals surface area contributed by atoms with Gasteiger partial charge in [0.25, 0.3) is 0 Å². The van der Waals surface area contributed by atoms with Gasteiger partial charge in [-0.05, 0) is 80.6 Å². The van der Waals surface area contributed by atoms with Gasteiger partial charge in [-0.3, -0.25) is 4.79 Å². The van der Waals surface area contributed by atoms with Crippen LogP contribution in [-0.4, -0.2) is 48.2 Å². The Morgan fingerprint density at radius 1 is 0.919 bits per heavy atom. The van der Waals surface area contributed by atoms with Crippen molar-refractivity contribution in [3.05, 3.63) is 47.8 Å². The number of fused-ring (bicyclic) bond motifs is 5. The molecule has 0 radical (unpaired) electrons. The van der Waals surface area contributed by atoms with Gasteiger partial charge in [0.2, 0.25) is 0 Å². The first kappa shape index (κ1) is 24.5. The number of rotatable bonds is 5. The fraction of sp³-hybridized carbons (Fsp3) is 0.516. The van der Waals surface area contributed by atoms with Crippen LogP contribution in [0.15, 0.2) is 36.4 Å². The summed E-state index contributed by atoms with van der Waals surface area (Å²) in [7, 11) is 0. The maximum Gasteiger partial charge on any atom is 0.308 e. The minimum Gasteiger partial charge on any atom is -0.427 e. The molecule has 1 saturated carbocycles. The van der Waals surface area contributed by atoms with Gasteiger partial charge in [-0.25, -0.2) is 4.39 Å². The van der Waals surface area contributed by atoms with Crippen LogP contribution in [0.3, 0.4) is 0 Å². The van der Waals surface area contributed by atoms with Crippen molar-refractivity contribution in [2.75, 3.05) is 37.6 Å². The van der Waals surface area contributed by atoms with E-state index in [0.717, 1.165) is 48.6 Å². The molecule has 2 fully saturated rings. The van der Waals surface area contributed by atoms with Gasteiger partial charge in [0.1, 0.15) is 11.6 Å². The van der Waals surface area contributed by atoms with Crippen LogP contribution in [0, 0.1) is 5.82 Å². The lowest BCUT2D eigenvalue weighted by Crippen LogP contribution is -2.38. The highest BCUT2D eigenvalue weighted by atomic mass is 19.1. The number of likely N-dealkylation sites (tertiary alicyclic amines) is 1. The highest BCUT2D eigenvalue weighted by molar-refractivity contribution is 5.96. The van der Waals surface area contributed by atoms with Gasteiger partial charge in [0.15, 0.2) is 0 Å². The number of hydrogen-bond donors (Lipinski definition) is 0. The summed E-state index contributed by atoms with van der Waals surface area (Å²) in [6, 6.07) is 11.4. The first-order chi connectivity index (χ1) is 18.1. The minimum atomic E-state index is -0.314. The maximum absolute atomic E-state index is 14.9. The van der Waals surface area contributed by atoms with E-state index < -0.39 is 0 Å². The lowest BCUT2D eigenvalue weighted by Gasteiger charge is -2.31. The van der Waals surface area contributed by atoms with Crippen molar-refractivity contribution < 1.29 is 13.9 Å². The predicted molar refractivity (Wildman–Crippen MR) is 147 cm³/mol. The molecule has 0 N–H and O–H groups in total. The zero-order valence-electron chi connectivity index (χ0n) is 22.0. The number of aromatic nitrogens is 1. The van der Waals surface area contributed by atoms with Gasteiger partial charge in [0, 0.05) is 55.8 Å². The average molecular weight is 504 g/mol. The molecular formula is C31H38FN3O2. The molecule has 2 aromatic carbocycles. The Kier molecular flexibility index (Phi) is 6.94. The van der Waals surface area contributed by atoms with Gasteiger partial charge < -0.3 is 19.1 Å². The quantitative estimate of drug-likeness (QED) is 0.286. The summed E-state index contributed by atoms with van der Waals surface area (Å²) in [5.74, 6) is 0.527. The molecule has 1 aromatic heterocycles. The second-order valence-corrected chi connectivity index (χ2v) is 11.1. The number of anilines is 1. The predicted octanol–water partition coefficient (Wildman–Crippen LogP) is 6.73. The number of nitrogens with zero attached hydrogens (tertiary/aromatic N) is 3. The Balaban J connectivity index is 1.47. The summed E-state index contributed by atoms with van der Waals surface area (Å²) < 4.78 is 22.7. The van der Waals surface area contributed by atoms with E-state index >= 15 is 0 Å². The fourth-order valence-electron chi connectivity index (χ4n) is 6.90. The van der Waals surface area contributed by atoms with E-state index in [-0.39, 0.29) is 11.8 Å². The van der Waals surface area contributed by atoms with Gasteiger partial charge in [0.05, 0.1) is 11.2 Å². The van der Waals surface area contributed by atoms with Crippen molar-refractivity contribution >= 4 is 22.6 Å². The van der Waals surface area contributed by atoms with Crippen molar-refractivity contribution in [2.45, 2.75) is 70.8 Å². The van der Waals surface area contributed by atoms with Gasteiger partial charge in [-0.15, -0.1) is 0 Å². The van der Waals surface area contributed by atoms with Crippen LogP contribution in [0.1, 0.15) is 69.8 Å². The summed E-state index contributed by atoms with van der Waals surface area (Å²) >= 11 is 0. The van der Waals surface area contributed by atoms with E-state index in [4.69, 9.17) is 4.74 Å². The third-order valence-corrected chi connectivity index (χ3v) is 8.63. The normalized spacial score (nSPS) is 18.9. The number of carbonyl (C=O) groups excluding carboxylic acids is 1. The van der Waals surface area contributed by atoms with Gasteiger partial charge in [-0.1, -0.05) is 25.7 Å². The first-order valence-corrected chi connectivity index (χ1v) is 14.2. The van der Waals surface area contributed by atoms with Crippen molar-refractivity contribution in [3.63, 3.8) is 0 Å².